The Morgan fingerprint density at radius 1 is 1.29 bits per heavy atom. The first-order valence-electron chi connectivity index (χ1n) is 7.33. The van der Waals surface area contributed by atoms with Gasteiger partial charge in [0, 0.05) is 38.9 Å². The van der Waals surface area contributed by atoms with Gasteiger partial charge in [-0.15, -0.1) is 0 Å². The molecule has 112 valence electrons. The molecule has 0 spiro atoms. The first kappa shape index (κ1) is 13.9. The number of aryl methyl sites for hydroxylation is 1. The molecule has 1 aliphatic rings. The number of ether oxygens (including phenoxy) is 1. The molecule has 0 bridgehead atoms. The Balaban J connectivity index is 1.64. The summed E-state index contributed by atoms with van der Waals surface area (Å²) in [5.41, 5.74) is 2.04. The van der Waals surface area contributed by atoms with E-state index in [0.717, 1.165) is 49.7 Å². The third-order valence-electron chi connectivity index (χ3n) is 3.56. The zero-order valence-electron chi connectivity index (χ0n) is 12.3. The fourth-order valence-electron chi connectivity index (χ4n) is 2.46. The molecule has 3 rings (SSSR count). The third kappa shape index (κ3) is 3.72. The number of nitrogens with one attached hydrogen (secondary N) is 1. The molecule has 2 aromatic rings. The normalized spacial score (nSPS) is 15.8. The van der Waals surface area contributed by atoms with E-state index in [1.165, 1.54) is 0 Å². The molecule has 0 amide bonds. The van der Waals surface area contributed by atoms with Crippen molar-refractivity contribution >= 4 is 5.69 Å². The molecule has 21 heavy (non-hydrogen) atoms. The lowest BCUT2D eigenvalue weighted by atomic mass is 10.3. The Bertz CT molecular complexity index is 575. The number of hydrogen-bond acceptors (Lipinski definition) is 5. The van der Waals surface area contributed by atoms with Gasteiger partial charge in [0.1, 0.15) is 12.4 Å². The van der Waals surface area contributed by atoms with Crippen LogP contribution in [0.15, 0.2) is 30.7 Å². The molecule has 0 saturated carbocycles. The molecule has 6 heteroatoms. The molecule has 0 radical (unpaired) electrons. The van der Waals surface area contributed by atoms with Crippen LogP contribution in [0.1, 0.15) is 12.1 Å². The van der Waals surface area contributed by atoms with Gasteiger partial charge in [-0.25, -0.2) is 0 Å². The van der Waals surface area contributed by atoms with Gasteiger partial charge >= 0.3 is 0 Å². The number of nitrogens with zero attached hydrogens (tertiary/aromatic N) is 4. The first-order chi connectivity index (χ1) is 10.3. The summed E-state index contributed by atoms with van der Waals surface area (Å²) in [5.74, 6) is 0.787. The van der Waals surface area contributed by atoms with Crippen molar-refractivity contribution < 1.29 is 4.74 Å². The number of rotatable bonds is 4. The van der Waals surface area contributed by atoms with Crippen LogP contribution in [0.5, 0.6) is 5.75 Å². The quantitative estimate of drug-likeness (QED) is 0.915. The molecular weight excluding hydrogens is 266 g/mol. The lowest BCUT2D eigenvalue weighted by Gasteiger charge is -2.22. The molecule has 0 unspecified atom stereocenters. The molecule has 2 aromatic heterocycles. The van der Waals surface area contributed by atoms with Crippen molar-refractivity contribution in [3.8, 4) is 5.75 Å². The van der Waals surface area contributed by atoms with Crippen molar-refractivity contribution in [3.05, 3.63) is 36.4 Å². The van der Waals surface area contributed by atoms with E-state index in [1.807, 2.05) is 25.5 Å². The molecule has 1 saturated heterocycles. The van der Waals surface area contributed by atoms with Gasteiger partial charge in [0.2, 0.25) is 0 Å². The summed E-state index contributed by atoms with van der Waals surface area (Å²) in [6.07, 6.45) is 6.72. The molecule has 6 nitrogen and oxygen atoms in total. The minimum absolute atomic E-state index is 0.466. The highest BCUT2D eigenvalue weighted by atomic mass is 16.5. The van der Waals surface area contributed by atoms with Gasteiger partial charge in [0.05, 0.1) is 23.8 Å². The van der Waals surface area contributed by atoms with Crippen LogP contribution in [0.4, 0.5) is 5.69 Å². The van der Waals surface area contributed by atoms with Gasteiger partial charge in [0.25, 0.3) is 0 Å². The summed E-state index contributed by atoms with van der Waals surface area (Å²) < 4.78 is 7.56. The van der Waals surface area contributed by atoms with Crippen LogP contribution < -0.4 is 15.0 Å². The smallest absolute Gasteiger partial charge is 0.140 e. The maximum Gasteiger partial charge on any atom is 0.140 e. The zero-order valence-corrected chi connectivity index (χ0v) is 12.3. The number of anilines is 1. The summed E-state index contributed by atoms with van der Waals surface area (Å²) in [6, 6.07) is 4.01. The fourth-order valence-corrected chi connectivity index (χ4v) is 2.46. The summed E-state index contributed by atoms with van der Waals surface area (Å²) >= 11 is 0. The van der Waals surface area contributed by atoms with E-state index in [4.69, 9.17) is 4.74 Å². The predicted octanol–water partition coefficient (Wildman–Crippen LogP) is 1.19. The van der Waals surface area contributed by atoms with E-state index in [2.05, 4.69) is 26.4 Å². The standard InChI is InChI=1S/C15H21N5O/c1-19-7-3-13(18-19)12-21-15-9-14(10-17-11-15)20-6-2-4-16-5-8-20/h3,7,9-11,16H,2,4-6,8,12H2,1H3. The second-order valence-corrected chi connectivity index (χ2v) is 5.24. The Morgan fingerprint density at radius 3 is 3.10 bits per heavy atom. The van der Waals surface area contributed by atoms with Gasteiger partial charge in [0.15, 0.2) is 0 Å². The molecule has 3 heterocycles. The zero-order chi connectivity index (χ0) is 14.5. The molecule has 0 aromatic carbocycles. The lowest BCUT2D eigenvalue weighted by molar-refractivity contribution is 0.299. The highest BCUT2D eigenvalue weighted by Crippen LogP contribution is 2.20. The van der Waals surface area contributed by atoms with E-state index >= 15 is 0 Å². The van der Waals surface area contributed by atoms with Gasteiger partial charge in [-0.1, -0.05) is 0 Å². The van der Waals surface area contributed by atoms with Crippen LogP contribution in [-0.2, 0) is 13.7 Å². The van der Waals surface area contributed by atoms with Crippen molar-refractivity contribution in [2.24, 2.45) is 7.05 Å². The van der Waals surface area contributed by atoms with E-state index in [0.29, 0.717) is 6.61 Å². The van der Waals surface area contributed by atoms with Crippen molar-refractivity contribution in [1.82, 2.24) is 20.1 Å². The molecular formula is C15H21N5O. The van der Waals surface area contributed by atoms with Crippen LogP contribution in [0.2, 0.25) is 0 Å². The van der Waals surface area contributed by atoms with Crippen LogP contribution in [0.3, 0.4) is 0 Å². The van der Waals surface area contributed by atoms with Gasteiger partial charge < -0.3 is 15.0 Å². The fraction of sp³-hybridized carbons (Fsp3) is 0.467. The Kier molecular flexibility index (Phi) is 4.35. The topological polar surface area (TPSA) is 55.2 Å². The molecule has 1 aliphatic heterocycles. The maximum absolute atomic E-state index is 5.79. The van der Waals surface area contributed by atoms with Gasteiger partial charge in [-0.05, 0) is 19.0 Å². The van der Waals surface area contributed by atoms with Crippen molar-refractivity contribution in [2.45, 2.75) is 13.0 Å². The van der Waals surface area contributed by atoms with Gasteiger partial charge in [-0.2, -0.15) is 5.10 Å². The number of hydrogen-bond donors (Lipinski definition) is 1. The minimum atomic E-state index is 0.466. The molecule has 1 N–H and O–H groups in total. The van der Waals surface area contributed by atoms with Crippen LogP contribution in [0.25, 0.3) is 0 Å². The van der Waals surface area contributed by atoms with Crippen LogP contribution >= 0.6 is 0 Å². The van der Waals surface area contributed by atoms with Crippen molar-refractivity contribution in [3.63, 3.8) is 0 Å². The van der Waals surface area contributed by atoms with Crippen molar-refractivity contribution in [2.75, 3.05) is 31.1 Å². The predicted molar refractivity (Wildman–Crippen MR) is 81.5 cm³/mol. The highest BCUT2D eigenvalue weighted by Gasteiger charge is 2.10. The van der Waals surface area contributed by atoms with E-state index < -0.39 is 0 Å². The number of pyridine rings is 1. The molecule has 1 fully saturated rings. The monoisotopic (exact) mass is 287 g/mol. The van der Waals surface area contributed by atoms with E-state index in [9.17, 15) is 0 Å². The van der Waals surface area contributed by atoms with E-state index in [1.54, 1.807) is 10.9 Å². The summed E-state index contributed by atoms with van der Waals surface area (Å²) in [4.78, 5) is 6.64. The first-order valence-corrected chi connectivity index (χ1v) is 7.33. The Labute approximate surface area is 124 Å². The summed E-state index contributed by atoms with van der Waals surface area (Å²) in [6.45, 7) is 4.62. The second kappa shape index (κ2) is 6.58. The maximum atomic E-state index is 5.79. The molecule has 0 atom stereocenters. The van der Waals surface area contributed by atoms with Gasteiger partial charge in [-0.3, -0.25) is 9.67 Å². The average molecular weight is 287 g/mol. The Hall–Kier alpha value is -2.08. The second-order valence-electron chi connectivity index (χ2n) is 5.24. The number of aromatic nitrogens is 3. The van der Waals surface area contributed by atoms with E-state index in [-0.39, 0.29) is 0 Å². The van der Waals surface area contributed by atoms with Crippen molar-refractivity contribution in [1.29, 1.82) is 0 Å². The average Bonchev–Trinajstić information content (AvgIpc) is 2.76. The minimum Gasteiger partial charge on any atom is -0.486 e. The largest absolute Gasteiger partial charge is 0.486 e. The van der Waals surface area contributed by atoms with Crippen LogP contribution in [-0.4, -0.2) is 40.9 Å². The summed E-state index contributed by atoms with van der Waals surface area (Å²) in [7, 11) is 1.90. The van der Waals surface area contributed by atoms with Crippen LogP contribution in [0, 0.1) is 0 Å². The summed E-state index contributed by atoms with van der Waals surface area (Å²) in [5, 5.41) is 7.71. The highest BCUT2D eigenvalue weighted by molar-refractivity contribution is 5.48. The molecule has 0 aliphatic carbocycles. The SMILES string of the molecule is Cn1ccc(COc2cncc(N3CCCNCC3)c2)n1. The lowest BCUT2D eigenvalue weighted by Crippen LogP contribution is -2.27. The Morgan fingerprint density at radius 2 is 2.24 bits per heavy atom. The third-order valence-corrected chi connectivity index (χ3v) is 3.56.